The highest BCUT2D eigenvalue weighted by Gasteiger charge is 2.40. The van der Waals surface area contributed by atoms with Gasteiger partial charge in [-0.15, -0.1) is 11.3 Å². The van der Waals surface area contributed by atoms with Gasteiger partial charge in [0.25, 0.3) is 5.88 Å². The molecular formula is C36H38ClF2N7O4S. The number of nitrogen functional groups attached to an aromatic ring is 1. The van der Waals surface area contributed by atoms with E-state index in [0.717, 1.165) is 30.7 Å². The topological polar surface area (TPSA) is 111 Å². The van der Waals surface area contributed by atoms with E-state index in [2.05, 4.69) is 14.7 Å². The standard InChI is InChI=1S/C36H38ClF2N7O4S/c1-18(22-8-6-14-44(22)5)50-35-36(48)46-23(19-12-15-45(16-19)24(47)9-7-13-43(3)4)17-49-32-27(37)25(28(39)30(42-35)31(32)46)20-10-11-21(38)33-26(20)29(41-2)34(40)51-33/h7,9-11,18-19,22-23H,6,8,12-17,40H2,1,3-5H3/b9-7+/t18-,19?,22-,23?/m0/s1. The van der Waals surface area contributed by atoms with Crippen molar-refractivity contribution in [3.05, 3.63) is 62.7 Å². The number of amides is 1. The van der Waals surface area contributed by atoms with E-state index < -0.39 is 29.3 Å². The lowest BCUT2D eigenvalue weighted by Gasteiger charge is -2.33. The first-order chi connectivity index (χ1) is 24.4. The Kier molecular flexibility index (Phi) is 9.43. The minimum Gasteiger partial charge on any atom is -0.488 e. The maximum atomic E-state index is 17.2. The van der Waals surface area contributed by atoms with Crippen LogP contribution in [-0.2, 0) is 4.79 Å². The van der Waals surface area contributed by atoms with Crippen LogP contribution in [0, 0.1) is 24.1 Å². The number of halogens is 3. The first-order valence-corrected chi connectivity index (χ1v) is 18.1. The number of nitrogens with two attached hydrogens (primary N) is 1. The van der Waals surface area contributed by atoms with Crippen LogP contribution < -0.4 is 20.8 Å². The summed E-state index contributed by atoms with van der Waals surface area (Å²) < 4.78 is 46.4. The van der Waals surface area contributed by atoms with Crippen LogP contribution in [0.15, 0.2) is 29.1 Å². The van der Waals surface area contributed by atoms with Gasteiger partial charge in [-0.05, 0) is 65.5 Å². The Labute approximate surface area is 302 Å². The summed E-state index contributed by atoms with van der Waals surface area (Å²) in [5, 5.41) is 0.0763. The van der Waals surface area contributed by atoms with E-state index in [1.54, 1.807) is 11.0 Å². The second-order valence-corrected chi connectivity index (χ2v) is 15.2. The quantitative estimate of drug-likeness (QED) is 0.171. The molecule has 2 aromatic carbocycles. The van der Waals surface area contributed by atoms with E-state index in [-0.39, 0.29) is 84.1 Å². The fraction of sp³-hybridized carbons (Fsp3) is 0.444. The molecule has 1 amide bonds. The molecule has 7 rings (SSSR count). The SMILES string of the molecule is [C-]#[N+]c1c(N)sc2c(F)ccc(-c3c(Cl)c4c5c(nc(O[C@@H](C)[C@@H]6CCCN6C)c(=O)n5C(C5CCN(C(=O)/C=C/CN(C)C)C5)CO4)c3F)c12. The van der Waals surface area contributed by atoms with Crippen molar-refractivity contribution in [1.82, 2.24) is 24.3 Å². The van der Waals surface area contributed by atoms with Crippen molar-refractivity contribution in [2.75, 3.05) is 59.7 Å². The van der Waals surface area contributed by atoms with Gasteiger partial charge in [0.1, 0.15) is 29.6 Å². The fourth-order valence-corrected chi connectivity index (χ4v) is 8.99. The number of benzene rings is 2. The van der Waals surface area contributed by atoms with Gasteiger partial charge in [0.2, 0.25) is 11.6 Å². The zero-order chi connectivity index (χ0) is 36.3. The van der Waals surface area contributed by atoms with E-state index in [1.165, 1.54) is 16.7 Å². The predicted molar refractivity (Wildman–Crippen MR) is 195 cm³/mol. The van der Waals surface area contributed by atoms with Crippen molar-refractivity contribution >= 4 is 60.7 Å². The molecule has 0 bridgehead atoms. The molecule has 0 radical (unpaired) electrons. The summed E-state index contributed by atoms with van der Waals surface area (Å²) >= 11 is 7.89. The molecule has 2 unspecified atom stereocenters. The number of likely N-dealkylation sites (N-methyl/N-ethyl adjacent to an activating group) is 2. The Bertz CT molecular complexity index is 2200. The number of rotatable bonds is 8. The summed E-state index contributed by atoms with van der Waals surface area (Å²) in [4.78, 5) is 41.4. The van der Waals surface area contributed by atoms with Crippen molar-refractivity contribution in [2.45, 2.75) is 44.4 Å². The summed E-state index contributed by atoms with van der Waals surface area (Å²) in [5.41, 5.74) is 5.40. The normalized spacial score (nSPS) is 21.2. The molecule has 51 heavy (non-hydrogen) atoms. The average molecular weight is 738 g/mol. The van der Waals surface area contributed by atoms with Crippen LogP contribution in [-0.4, -0.2) is 96.2 Å². The van der Waals surface area contributed by atoms with Gasteiger partial charge in [0.15, 0.2) is 11.6 Å². The van der Waals surface area contributed by atoms with Crippen molar-refractivity contribution in [2.24, 2.45) is 5.92 Å². The largest absolute Gasteiger partial charge is 0.488 e. The van der Waals surface area contributed by atoms with Crippen LogP contribution in [0.2, 0.25) is 5.02 Å². The Morgan fingerprint density at radius 2 is 2.10 bits per heavy atom. The van der Waals surface area contributed by atoms with Crippen LogP contribution in [0.25, 0.3) is 37.1 Å². The van der Waals surface area contributed by atoms with Gasteiger partial charge in [0, 0.05) is 48.6 Å². The fourth-order valence-electron chi connectivity index (χ4n) is 7.72. The number of hydrogen-bond donors (Lipinski definition) is 1. The van der Waals surface area contributed by atoms with Crippen molar-refractivity contribution in [3.8, 4) is 22.8 Å². The third-order valence-corrected chi connectivity index (χ3v) is 11.6. The minimum absolute atomic E-state index is 0.0111. The summed E-state index contributed by atoms with van der Waals surface area (Å²) in [6, 6.07) is 1.97. The first kappa shape index (κ1) is 35.1. The molecule has 2 N–H and O–H groups in total. The van der Waals surface area contributed by atoms with Crippen LogP contribution in [0.4, 0.5) is 19.5 Å². The average Bonchev–Trinajstić information content (AvgIpc) is 3.84. The smallest absolute Gasteiger partial charge is 0.314 e. The zero-order valence-electron chi connectivity index (χ0n) is 28.7. The molecule has 3 aliphatic rings. The molecule has 0 saturated carbocycles. The second kappa shape index (κ2) is 13.7. The van der Waals surface area contributed by atoms with Crippen molar-refractivity contribution < 1.29 is 23.0 Å². The van der Waals surface area contributed by atoms with E-state index in [1.807, 2.05) is 39.0 Å². The summed E-state index contributed by atoms with van der Waals surface area (Å²) in [6.07, 6.45) is 5.38. The number of carbonyl (C=O) groups is 1. The molecule has 268 valence electrons. The molecule has 15 heteroatoms. The number of fused-ring (bicyclic) bond motifs is 1. The van der Waals surface area contributed by atoms with Gasteiger partial charge < -0.3 is 25.0 Å². The number of carbonyl (C=O) groups excluding carboxylic acids is 1. The summed E-state index contributed by atoms with van der Waals surface area (Å²) in [7, 11) is 5.83. The molecule has 2 aromatic heterocycles. The van der Waals surface area contributed by atoms with Crippen LogP contribution in [0.1, 0.15) is 32.2 Å². The zero-order valence-corrected chi connectivity index (χ0v) is 30.3. The van der Waals surface area contributed by atoms with Crippen LogP contribution in [0.3, 0.4) is 0 Å². The van der Waals surface area contributed by atoms with Gasteiger partial charge >= 0.3 is 5.56 Å². The van der Waals surface area contributed by atoms with Crippen molar-refractivity contribution in [3.63, 3.8) is 0 Å². The maximum Gasteiger partial charge on any atom is 0.314 e. The predicted octanol–water partition coefficient (Wildman–Crippen LogP) is 6.10. The number of thiophene rings is 1. The number of anilines is 1. The Balaban J connectivity index is 1.39. The Morgan fingerprint density at radius 1 is 1.31 bits per heavy atom. The highest BCUT2D eigenvalue weighted by atomic mass is 35.5. The van der Waals surface area contributed by atoms with Gasteiger partial charge in [-0.1, -0.05) is 23.7 Å². The highest BCUT2D eigenvalue weighted by molar-refractivity contribution is 7.23. The molecular weight excluding hydrogens is 700 g/mol. The molecule has 4 atom stereocenters. The van der Waals surface area contributed by atoms with E-state index >= 15 is 8.78 Å². The lowest BCUT2D eigenvalue weighted by atomic mass is 9.95. The van der Waals surface area contributed by atoms with Gasteiger partial charge in [0.05, 0.1) is 27.3 Å². The van der Waals surface area contributed by atoms with E-state index in [0.29, 0.717) is 26.1 Å². The Morgan fingerprint density at radius 3 is 2.80 bits per heavy atom. The van der Waals surface area contributed by atoms with Gasteiger partial charge in [-0.3, -0.25) is 19.1 Å². The van der Waals surface area contributed by atoms with Gasteiger partial charge in [-0.25, -0.2) is 18.6 Å². The second-order valence-electron chi connectivity index (χ2n) is 13.7. The minimum atomic E-state index is -0.880. The lowest BCUT2D eigenvalue weighted by Crippen LogP contribution is -2.42. The number of hydrogen-bond acceptors (Lipinski definition) is 9. The third-order valence-electron chi connectivity index (χ3n) is 10.3. The first-order valence-electron chi connectivity index (χ1n) is 16.9. The van der Waals surface area contributed by atoms with Crippen LogP contribution >= 0.6 is 22.9 Å². The molecule has 2 fully saturated rings. The maximum absolute atomic E-state index is 17.2. The van der Waals surface area contributed by atoms with Crippen molar-refractivity contribution in [1.29, 1.82) is 0 Å². The molecule has 0 aliphatic carbocycles. The number of nitrogens with zero attached hydrogens (tertiary/aromatic N) is 6. The number of likely N-dealkylation sites (tertiary alicyclic amines) is 2. The third kappa shape index (κ3) is 5.99. The highest BCUT2D eigenvalue weighted by Crippen LogP contribution is 2.52. The molecule has 3 aliphatic heterocycles. The van der Waals surface area contributed by atoms with Gasteiger partial charge in [-0.2, -0.15) is 0 Å². The molecule has 4 aromatic rings. The molecule has 0 spiro atoms. The van der Waals surface area contributed by atoms with Crippen LogP contribution in [0.5, 0.6) is 11.6 Å². The molecule has 11 nitrogen and oxygen atoms in total. The lowest BCUT2D eigenvalue weighted by molar-refractivity contribution is -0.125. The molecule has 2 saturated heterocycles. The Hall–Kier alpha value is -4.29. The molecule has 5 heterocycles. The summed E-state index contributed by atoms with van der Waals surface area (Å²) in [6.45, 7) is 12.0. The van der Waals surface area contributed by atoms with E-state index in [9.17, 15) is 9.59 Å². The van der Waals surface area contributed by atoms with E-state index in [4.69, 9.17) is 33.4 Å². The number of aromatic nitrogens is 2. The summed E-state index contributed by atoms with van der Waals surface area (Å²) in [5.74, 6) is -2.03. The monoisotopic (exact) mass is 737 g/mol. The number of ether oxygens (including phenoxy) is 2.